The summed E-state index contributed by atoms with van der Waals surface area (Å²) in [5, 5.41) is 0. The summed E-state index contributed by atoms with van der Waals surface area (Å²) in [7, 11) is 0. The second-order valence-corrected chi connectivity index (χ2v) is 8.60. The molecule has 2 saturated carbocycles. The normalized spacial score (nSPS) is 56.2. The second kappa shape index (κ2) is 5.67. The van der Waals surface area contributed by atoms with Crippen LogP contribution in [-0.4, -0.2) is 6.85 Å². The van der Waals surface area contributed by atoms with Gasteiger partial charge in [0.1, 0.15) is 0 Å². The van der Waals surface area contributed by atoms with Gasteiger partial charge in [-0.1, -0.05) is 55.4 Å². The minimum absolute atomic E-state index is 0.393. The molecule has 0 aromatic rings. The third-order valence-corrected chi connectivity index (χ3v) is 8.29. The number of nitrogens with two attached hydrogens (primary N) is 1. The first-order chi connectivity index (χ1) is 9.20. The molecule has 116 valence electrons. The highest BCUT2D eigenvalue weighted by Gasteiger charge is 2.53. The topological polar surface area (TPSA) is 26.0 Å². The van der Waals surface area contributed by atoms with Gasteiger partial charge in [0.2, 0.25) is 6.85 Å². The van der Waals surface area contributed by atoms with E-state index in [1.165, 1.54) is 0 Å². The highest BCUT2D eigenvalue weighted by molar-refractivity contribution is 6.59. The average Bonchev–Trinajstić information content (AvgIpc) is 2.71. The van der Waals surface area contributed by atoms with Crippen LogP contribution in [0.5, 0.6) is 0 Å². The van der Waals surface area contributed by atoms with Crippen molar-refractivity contribution in [3.63, 3.8) is 0 Å². The predicted molar refractivity (Wildman–Crippen MR) is 90.8 cm³/mol. The van der Waals surface area contributed by atoms with E-state index >= 15 is 0 Å². The Bertz CT molecular complexity index is 284. The maximum absolute atomic E-state index is 6.89. The molecule has 0 aromatic carbocycles. The molecule has 8 atom stereocenters. The smallest absolute Gasteiger partial charge is 0.225 e. The number of hydrogen-bond acceptors (Lipinski definition) is 1. The molecule has 2 aliphatic rings. The quantitative estimate of drug-likeness (QED) is 0.721. The van der Waals surface area contributed by atoms with E-state index in [1.807, 2.05) is 0 Å². The molecule has 20 heavy (non-hydrogen) atoms. The van der Waals surface area contributed by atoms with E-state index < -0.39 is 0 Å². The van der Waals surface area contributed by atoms with Gasteiger partial charge >= 0.3 is 0 Å². The van der Waals surface area contributed by atoms with Crippen LogP contribution in [0.1, 0.15) is 55.4 Å². The van der Waals surface area contributed by atoms with Gasteiger partial charge in [0, 0.05) is 0 Å². The predicted octanol–water partition coefficient (Wildman–Crippen LogP) is 4.79. The van der Waals surface area contributed by atoms with Gasteiger partial charge in [-0.25, -0.2) is 0 Å². The van der Waals surface area contributed by atoms with Crippen LogP contribution >= 0.6 is 0 Å². The molecule has 0 aliphatic heterocycles. The molecule has 0 radical (unpaired) electrons. The van der Waals surface area contributed by atoms with E-state index in [-0.39, 0.29) is 0 Å². The van der Waals surface area contributed by atoms with Gasteiger partial charge in [-0.3, -0.25) is 0 Å². The van der Waals surface area contributed by atoms with Crippen molar-refractivity contribution < 1.29 is 0 Å². The van der Waals surface area contributed by atoms with E-state index in [2.05, 4.69) is 55.4 Å². The molecule has 2 rings (SSSR count). The second-order valence-electron chi connectivity index (χ2n) is 8.60. The molecule has 0 aromatic heterocycles. The minimum Gasteiger partial charge on any atom is -0.369 e. The third kappa shape index (κ3) is 2.27. The van der Waals surface area contributed by atoms with Crippen molar-refractivity contribution in [1.29, 1.82) is 0 Å². The van der Waals surface area contributed by atoms with Crippen LogP contribution in [0.15, 0.2) is 0 Å². The highest BCUT2D eigenvalue weighted by atomic mass is 14.6. The molecule has 0 bridgehead atoms. The van der Waals surface area contributed by atoms with Gasteiger partial charge in [-0.2, -0.15) is 0 Å². The van der Waals surface area contributed by atoms with Crippen molar-refractivity contribution >= 4 is 6.85 Å². The zero-order chi connectivity index (χ0) is 15.4. The molecule has 2 aliphatic carbocycles. The molecule has 2 fully saturated rings. The molecule has 2 heteroatoms. The van der Waals surface area contributed by atoms with Gasteiger partial charge in [-0.05, 0) is 59.0 Å². The summed E-state index contributed by atoms with van der Waals surface area (Å²) in [6.07, 6.45) is 0. The molecular weight excluding hydrogens is 241 g/mol. The van der Waals surface area contributed by atoms with Gasteiger partial charge in [-0.15, -0.1) is 0 Å². The van der Waals surface area contributed by atoms with Gasteiger partial charge in [0.05, 0.1) is 0 Å². The van der Waals surface area contributed by atoms with Crippen LogP contribution in [0.25, 0.3) is 0 Å². The molecule has 2 N–H and O–H groups in total. The Morgan fingerprint density at radius 1 is 0.450 bits per heavy atom. The first-order valence-electron chi connectivity index (χ1n) is 8.95. The lowest BCUT2D eigenvalue weighted by Crippen LogP contribution is -2.43. The fourth-order valence-corrected chi connectivity index (χ4v) is 5.93. The highest BCUT2D eigenvalue weighted by Crippen LogP contribution is 2.57. The van der Waals surface area contributed by atoms with Crippen LogP contribution < -0.4 is 5.64 Å². The molecule has 0 amide bonds. The van der Waals surface area contributed by atoms with Crippen molar-refractivity contribution in [2.45, 2.75) is 67.0 Å². The molecular formula is C18H36BN. The van der Waals surface area contributed by atoms with Crippen LogP contribution in [0, 0.1) is 47.3 Å². The Morgan fingerprint density at radius 2 is 0.650 bits per heavy atom. The molecule has 1 nitrogen and oxygen atoms in total. The third-order valence-electron chi connectivity index (χ3n) is 8.29. The Balaban J connectivity index is 2.21. The van der Waals surface area contributed by atoms with Gasteiger partial charge < -0.3 is 5.64 Å². The molecule has 0 spiro atoms. The van der Waals surface area contributed by atoms with E-state index in [4.69, 9.17) is 5.64 Å². The van der Waals surface area contributed by atoms with Crippen LogP contribution in [0.2, 0.25) is 11.6 Å². The van der Waals surface area contributed by atoms with Crippen molar-refractivity contribution in [1.82, 2.24) is 0 Å². The molecule has 8 unspecified atom stereocenters. The van der Waals surface area contributed by atoms with Crippen molar-refractivity contribution in [2.24, 2.45) is 53.0 Å². The minimum atomic E-state index is 0.393. The Morgan fingerprint density at radius 3 is 0.850 bits per heavy atom. The largest absolute Gasteiger partial charge is 0.369 e. The summed E-state index contributed by atoms with van der Waals surface area (Å²) in [5.74, 6) is 7.83. The van der Waals surface area contributed by atoms with Crippen molar-refractivity contribution in [2.75, 3.05) is 0 Å². The standard InChI is InChI=1S/C18H36BN/c1-9-10(2)14(6)17(13(9)5)19(20)18-15(7)11(3)12(4)16(18)8/h9-18H,20H2,1-8H3. The number of rotatable bonds is 2. The first-order valence-corrected chi connectivity index (χ1v) is 8.95. The van der Waals surface area contributed by atoms with Crippen LogP contribution in [0.3, 0.4) is 0 Å². The van der Waals surface area contributed by atoms with Crippen LogP contribution in [-0.2, 0) is 0 Å². The van der Waals surface area contributed by atoms with Gasteiger partial charge in [0.25, 0.3) is 0 Å². The molecule has 0 heterocycles. The number of hydrogen-bond donors (Lipinski definition) is 1. The summed E-state index contributed by atoms with van der Waals surface area (Å²) in [6, 6.07) is 0. The Hall–Kier alpha value is 0.0249. The summed E-state index contributed by atoms with van der Waals surface area (Å²) < 4.78 is 0. The van der Waals surface area contributed by atoms with E-state index in [1.54, 1.807) is 0 Å². The van der Waals surface area contributed by atoms with Crippen molar-refractivity contribution in [3.8, 4) is 0 Å². The summed E-state index contributed by atoms with van der Waals surface area (Å²) in [4.78, 5) is 0. The maximum Gasteiger partial charge on any atom is 0.225 e. The fraction of sp³-hybridized carbons (Fsp3) is 1.00. The zero-order valence-corrected chi connectivity index (χ0v) is 14.9. The maximum atomic E-state index is 6.89. The van der Waals surface area contributed by atoms with Crippen LogP contribution in [0.4, 0.5) is 0 Å². The summed E-state index contributed by atoms with van der Waals surface area (Å²) in [6.45, 7) is 19.9. The molecule has 0 saturated heterocycles. The van der Waals surface area contributed by atoms with E-state index in [9.17, 15) is 0 Å². The van der Waals surface area contributed by atoms with E-state index in [0.29, 0.717) is 18.5 Å². The lowest BCUT2D eigenvalue weighted by atomic mass is 9.37. The first kappa shape index (κ1) is 16.4. The Labute approximate surface area is 127 Å². The lowest BCUT2D eigenvalue weighted by Gasteiger charge is -2.34. The fourth-order valence-electron chi connectivity index (χ4n) is 5.93. The Kier molecular flexibility index (Phi) is 4.65. The van der Waals surface area contributed by atoms with Crippen molar-refractivity contribution in [3.05, 3.63) is 0 Å². The average molecular weight is 277 g/mol. The monoisotopic (exact) mass is 277 g/mol. The van der Waals surface area contributed by atoms with Gasteiger partial charge in [0.15, 0.2) is 0 Å². The lowest BCUT2D eigenvalue weighted by molar-refractivity contribution is 0.352. The zero-order valence-electron chi connectivity index (χ0n) is 14.9. The summed E-state index contributed by atoms with van der Waals surface area (Å²) in [5.41, 5.74) is 6.89. The SMILES string of the molecule is CC1C(C)C(C)C(B(N)C2C(C)C(C)C(C)C2C)C1C. The summed E-state index contributed by atoms with van der Waals surface area (Å²) >= 11 is 0. The van der Waals surface area contributed by atoms with E-state index in [0.717, 1.165) is 47.3 Å².